The number of thioether (sulfide) groups is 1. The Morgan fingerprint density at radius 2 is 1.82 bits per heavy atom. The maximum absolute atomic E-state index is 13.0. The number of carbonyl (C=O) groups excluding carboxylic acids is 2. The van der Waals surface area contributed by atoms with E-state index >= 15 is 0 Å². The maximum Gasteiger partial charge on any atom is 0.246 e. The normalized spacial score (nSPS) is 15.6. The molecule has 0 radical (unpaired) electrons. The van der Waals surface area contributed by atoms with Gasteiger partial charge in [-0.05, 0) is 56.2 Å². The summed E-state index contributed by atoms with van der Waals surface area (Å²) in [5.41, 5.74) is 3.12. The van der Waals surface area contributed by atoms with E-state index in [0.29, 0.717) is 44.1 Å². The minimum Gasteiger partial charge on any atom is -0.461 e. The first kappa shape index (κ1) is 27.5. The third-order valence-electron chi connectivity index (χ3n) is 6.91. The molecule has 1 aliphatic heterocycles. The standard InChI is InChI=1S/C31H33N5O3S/c1-23-12-15-26(16-13-23)36-30(27-10-6-20-39-27)32-33-31(36)40-21-7-11-28(37)34-18-19-35(24(2)22-34)29(38)17-14-25-8-4-3-5-9-25/h3-6,8-10,12-17,20,24H,7,11,18-19,21-22H2,1-2H3/b17-14+. The van der Waals surface area contributed by atoms with E-state index in [4.69, 9.17) is 4.42 Å². The second-order valence-electron chi connectivity index (χ2n) is 9.87. The van der Waals surface area contributed by atoms with Crippen LogP contribution in [-0.2, 0) is 9.59 Å². The van der Waals surface area contributed by atoms with Crippen molar-refractivity contribution in [2.45, 2.75) is 37.9 Å². The highest BCUT2D eigenvalue weighted by Gasteiger charge is 2.28. The van der Waals surface area contributed by atoms with Gasteiger partial charge in [-0.15, -0.1) is 10.2 Å². The highest BCUT2D eigenvalue weighted by atomic mass is 32.2. The van der Waals surface area contributed by atoms with Crippen LogP contribution in [0.2, 0.25) is 0 Å². The van der Waals surface area contributed by atoms with Crippen LogP contribution >= 0.6 is 11.8 Å². The van der Waals surface area contributed by atoms with Crippen molar-refractivity contribution in [3.05, 3.63) is 90.2 Å². The molecule has 1 aliphatic rings. The van der Waals surface area contributed by atoms with Crippen LogP contribution in [0.1, 0.15) is 30.9 Å². The third-order valence-corrected chi connectivity index (χ3v) is 7.93. The fraction of sp³-hybridized carbons (Fsp3) is 0.290. The highest BCUT2D eigenvalue weighted by Crippen LogP contribution is 2.29. The number of carbonyl (C=O) groups is 2. The minimum absolute atomic E-state index is 0.0218. The quantitative estimate of drug-likeness (QED) is 0.154. The van der Waals surface area contributed by atoms with Crippen LogP contribution in [0.15, 0.2) is 88.6 Å². The van der Waals surface area contributed by atoms with Crippen molar-refractivity contribution in [3.8, 4) is 17.3 Å². The van der Waals surface area contributed by atoms with Gasteiger partial charge in [0, 0.05) is 49.6 Å². The molecule has 1 unspecified atom stereocenters. The van der Waals surface area contributed by atoms with Gasteiger partial charge >= 0.3 is 0 Å². The molecular weight excluding hydrogens is 522 g/mol. The Bertz CT molecular complexity index is 1450. The molecule has 2 aromatic heterocycles. The fourth-order valence-corrected chi connectivity index (χ4v) is 5.63. The van der Waals surface area contributed by atoms with Gasteiger partial charge < -0.3 is 14.2 Å². The molecule has 5 rings (SSSR count). The summed E-state index contributed by atoms with van der Waals surface area (Å²) in [4.78, 5) is 29.4. The van der Waals surface area contributed by atoms with Crippen LogP contribution in [0.3, 0.4) is 0 Å². The summed E-state index contributed by atoms with van der Waals surface area (Å²) >= 11 is 1.58. The van der Waals surface area contributed by atoms with Gasteiger partial charge in [0.2, 0.25) is 17.6 Å². The van der Waals surface area contributed by atoms with Gasteiger partial charge in [-0.2, -0.15) is 0 Å². The number of furan rings is 1. The van der Waals surface area contributed by atoms with E-state index in [9.17, 15) is 9.59 Å². The van der Waals surface area contributed by atoms with Gasteiger partial charge in [-0.25, -0.2) is 0 Å². The SMILES string of the molecule is Cc1ccc(-n2c(SCCCC(=O)N3CCN(C(=O)/C=C/c4ccccc4)C(C)C3)nnc2-c2ccco2)cc1. The average molecular weight is 556 g/mol. The van der Waals surface area contributed by atoms with E-state index in [-0.39, 0.29) is 17.9 Å². The summed E-state index contributed by atoms with van der Waals surface area (Å²) in [6.07, 6.45) is 6.24. The number of hydrogen-bond donors (Lipinski definition) is 0. The maximum atomic E-state index is 13.0. The second-order valence-corrected chi connectivity index (χ2v) is 10.9. The minimum atomic E-state index is -0.0342. The Hall–Kier alpha value is -4.11. The lowest BCUT2D eigenvalue weighted by Gasteiger charge is -2.39. The topological polar surface area (TPSA) is 84.5 Å². The molecule has 9 heteroatoms. The number of rotatable bonds is 9. The van der Waals surface area contributed by atoms with Crippen molar-refractivity contribution >= 4 is 29.7 Å². The molecule has 0 bridgehead atoms. The van der Waals surface area contributed by atoms with E-state index in [2.05, 4.69) is 29.3 Å². The van der Waals surface area contributed by atoms with Crippen LogP contribution in [-0.4, -0.2) is 67.8 Å². The monoisotopic (exact) mass is 555 g/mol. The van der Waals surface area contributed by atoms with Gasteiger partial charge in [0.05, 0.1) is 6.26 Å². The molecule has 2 amide bonds. The molecule has 4 aromatic rings. The Morgan fingerprint density at radius 3 is 2.55 bits per heavy atom. The summed E-state index contributed by atoms with van der Waals surface area (Å²) in [5, 5.41) is 9.57. The number of benzene rings is 2. The largest absolute Gasteiger partial charge is 0.461 e. The predicted molar refractivity (Wildman–Crippen MR) is 157 cm³/mol. The van der Waals surface area contributed by atoms with Crippen LogP contribution in [0.4, 0.5) is 0 Å². The zero-order chi connectivity index (χ0) is 27.9. The number of piperazine rings is 1. The number of aromatic nitrogens is 3. The molecule has 2 aromatic carbocycles. The molecule has 3 heterocycles. The Morgan fingerprint density at radius 1 is 1.02 bits per heavy atom. The number of amides is 2. The highest BCUT2D eigenvalue weighted by molar-refractivity contribution is 7.99. The first-order chi connectivity index (χ1) is 19.5. The van der Waals surface area contributed by atoms with Gasteiger partial charge in [0.15, 0.2) is 10.9 Å². The molecule has 0 N–H and O–H groups in total. The van der Waals surface area contributed by atoms with Crippen molar-refractivity contribution in [3.63, 3.8) is 0 Å². The smallest absolute Gasteiger partial charge is 0.246 e. The van der Waals surface area contributed by atoms with Crippen molar-refractivity contribution in [1.82, 2.24) is 24.6 Å². The number of aryl methyl sites for hydroxylation is 1. The van der Waals surface area contributed by atoms with Crippen molar-refractivity contribution in [2.24, 2.45) is 0 Å². The van der Waals surface area contributed by atoms with Gasteiger partial charge in [0.25, 0.3) is 0 Å². The Labute approximate surface area is 238 Å². The summed E-state index contributed by atoms with van der Waals surface area (Å²) in [5.74, 6) is 2.12. The molecule has 0 aliphatic carbocycles. The van der Waals surface area contributed by atoms with Gasteiger partial charge in [0.1, 0.15) is 0 Å². The van der Waals surface area contributed by atoms with Crippen LogP contribution in [0.5, 0.6) is 0 Å². The summed E-state index contributed by atoms with van der Waals surface area (Å²) < 4.78 is 7.59. The van der Waals surface area contributed by atoms with E-state index < -0.39 is 0 Å². The fourth-order valence-electron chi connectivity index (χ4n) is 4.74. The lowest BCUT2D eigenvalue weighted by Crippen LogP contribution is -2.55. The predicted octanol–water partition coefficient (Wildman–Crippen LogP) is 5.48. The van der Waals surface area contributed by atoms with E-state index in [1.54, 1.807) is 24.1 Å². The first-order valence-corrected chi connectivity index (χ1v) is 14.5. The lowest BCUT2D eigenvalue weighted by atomic mass is 10.1. The molecule has 1 saturated heterocycles. The molecule has 1 atom stereocenters. The van der Waals surface area contributed by atoms with Crippen LogP contribution < -0.4 is 0 Å². The summed E-state index contributed by atoms with van der Waals surface area (Å²) in [6, 6.07) is 21.6. The zero-order valence-electron chi connectivity index (χ0n) is 22.8. The Kier molecular flexibility index (Phi) is 8.81. The second kappa shape index (κ2) is 12.8. The molecule has 1 fully saturated rings. The van der Waals surface area contributed by atoms with E-state index in [1.807, 2.05) is 82.0 Å². The molecule has 0 spiro atoms. The van der Waals surface area contributed by atoms with E-state index in [1.165, 1.54) is 5.56 Å². The van der Waals surface area contributed by atoms with Gasteiger partial charge in [-0.3, -0.25) is 14.2 Å². The van der Waals surface area contributed by atoms with Crippen molar-refractivity contribution in [2.75, 3.05) is 25.4 Å². The third kappa shape index (κ3) is 6.54. The molecule has 40 heavy (non-hydrogen) atoms. The summed E-state index contributed by atoms with van der Waals surface area (Å²) in [6.45, 7) is 5.69. The molecule has 0 saturated carbocycles. The van der Waals surface area contributed by atoms with Gasteiger partial charge in [-0.1, -0.05) is 59.8 Å². The molecule has 206 valence electrons. The van der Waals surface area contributed by atoms with Crippen molar-refractivity contribution in [1.29, 1.82) is 0 Å². The molecule has 8 nitrogen and oxygen atoms in total. The number of hydrogen-bond acceptors (Lipinski definition) is 6. The molecular formula is C31H33N5O3S. The summed E-state index contributed by atoms with van der Waals surface area (Å²) in [7, 11) is 0. The Balaban J connectivity index is 1.13. The average Bonchev–Trinajstić information content (AvgIpc) is 3.65. The van der Waals surface area contributed by atoms with Crippen molar-refractivity contribution < 1.29 is 14.0 Å². The van der Waals surface area contributed by atoms with Crippen LogP contribution in [0.25, 0.3) is 23.3 Å². The lowest BCUT2D eigenvalue weighted by molar-refractivity contribution is -0.139. The zero-order valence-corrected chi connectivity index (χ0v) is 23.6. The first-order valence-electron chi connectivity index (χ1n) is 13.5. The number of nitrogens with zero attached hydrogens (tertiary/aromatic N) is 5. The van der Waals surface area contributed by atoms with Crippen LogP contribution in [0, 0.1) is 6.92 Å². The van der Waals surface area contributed by atoms with E-state index in [0.717, 1.165) is 22.2 Å².